The molecule has 0 fully saturated rings. The summed E-state index contributed by atoms with van der Waals surface area (Å²) >= 11 is 0. The molecule has 0 bridgehead atoms. The second-order valence-electron chi connectivity index (χ2n) is 4.21. The number of hydrogen-bond donors (Lipinski definition) is 0. The minimum absolute atomic E-state index is 0.0181. The van der Waals surface area contributed by atoms with E-state index in [1.165, 1.54) is 16.9 Å². The highest BCUT2D eigenvalue weighted by Gasteiger charge is 2.17. The summed E-state index contributed by atoms with van der Waals surface area (Å²) < 4.78 is 37.6. The molecule has 0 saturated heterocycles. The third-order valence-electron chi connectivity index (χ3n) is 2.82. The smallest absolute Gasteiger partial charge is 0.341 e. The van der Waals surface area contributed by atoms with Crippen LogP contribution in [0.3, 0.4) is 0 Å². The number of aryl methyl sites for hydroxylation is 1. The van der Waals surface area contributed by atoms with Crippen LogP contribution in [-0.4, -0.2) is 22.4 Å². The molecule has 0 amide bonds. The third-order valence-corrected chi connectivity index (χ3v) is 2.82. The van der Waals surface area contributed by atoms with E-state index in [4.69, 9.17) is 9.47 Å². The van der Waals surface area contributed by atoms with E-state index >= 15 is 0 Å². The third kappa shape index (κ3) is 3.36. The van der Waals surface area contributed by atoms with Gasteiger partial charge >= 0.3 is 5.97 Å². The Labute approximate surface area is 120 Å². The fourth-order valence-corrected chi connectivity index (χ4v) is 1.73. The second kappa shape index (κ2) is 6.34. The second-order valence-corrected chi connectivity index (χ2v) is 4.21. The van der Waals surface area contributed by atoms with Crippen molar-refractivity contribution >= 4 is 5.97 Å². The molecule has 0 aliphatic rings. The molecule has 1 heterocycles. The van der Waals surface area contributed by atoms with Crippen molar-refractivity contribution in [3.63, 3.8) is 0 Å². The van der Waals surface area contributed by atoms with E-state index in [-0.39, 0.29) is 24.5 Å². The predicted molar refractivity (Wildman–Crippen MR) is 69.9 cm³/mol. The number of hydrogen-bond acceptors (Lipinski definition) is 4. The van der Waals surface area contributed by atoms with Gasteiger partial charge in [0.15, 0.2) is 11.6 Å². The first kappa shape index (κ1) is 15.0. The summed E-state index contributed by atoms with van der Waals surface area (Å²) in [5, 5.41) is 3.97. The van der Waals surface area contributed by atoms with Crippen LogP contribution in [0.15, 0.2) is 24.4 Å². The minimum atomic E-state index is -0.997. The van der Waals surface area contributed by atoms with Crippen LogP contribution in [0.4, 0.5) is 8.78 Å². The molecule has 0 radical (unpaired) electrons. The van der Waals surface area contributed by atoms with Crippen molar-refractivity contribution in [3.8, 4) is 5.75 Å². The van der Waals surface area contributed by atoms with Gasteiger partial charge in [0.2, 0.25) is 0 Å². The van der Waals surface area contributed by atoms with Crippen molar-refractivity contribution in [3.05, 3.63) is 47.3 Å². The van der Waals surface area contributed by atoms with Gasteiger partial charge in [0.1, 0.15) is 17.9 Å². The Morgan fingerprint density at radius 1 is 1.33 bits per heavy atom. The van der Waals surface area contributed by atoms with Gasteiger partial charge in [0.05, 0.1) is 18.5 Å². The molecule has 1 aromatic carbocycles. The van der Waals surface area contributed by atoms with Gasteiger partial charge in [-0.15, -0.1) is 0 Å². The van der Waals surface area contributed by atoms with Gasteiger partial charge in [-0.25, -0.2) is 13.6 Å². The number of nitrogens with zero attached hydrogens (tertiary/aromatic N) is 2. The number of ether oxygens (including phenoxy) is 2. The summed E-state index contributed by atoms with van der Waals surface area (Å²) in [5.74, 6) is -2.29. The molecule has 7 heteroatoms. The van der Waals surface area contributed by atoms with E-state index in [2.05, 4.69) is 5.10 Å². The number of carbonyl (C=O) groups is 1. The van der Waals surface area contributed by atoms with Gasteiger partial charge in [-0.2, -0.15) is 5.10 Å². The first-order chi connectivity index (χ1) is 10.0. The molecule has 2 rings (SSSR count). The Morgan fingerprint density at radius 3 is 2.76 bits per heavy atom. The maximum Gasteiger partial charge on any atom is 0.341 e. The Bertz CT molecular complexity index is 656. The SMILES string of the molecule is CCOC(=O)c1cnn(C)c1COc1ccc(F)c(F)c1. The maximum absolute atomic E-state index is 13.1. The lowest BCUT2D eigenvalue weighted by molar-refractivity contribution is 0.0523. The summed E-state index contributed by atoms with van der Waals surface area (Å²) in [6.45, 7) is 1.93. The summed E-state index contributed by atoms with van der Waals surface area (Å²) in [7, 11) is 1.65. The lowest BCUT2D eigenvalue weighted by atomic mass is 10.2. The highest BCUT2D eigenvalue weighted by atomic mass is 19.2. The molecule has 0 spiro atoms. The van der Waals surface area contributed by atoms with E-state index in [1.54, 1.807) is 14.0 Å². The average Bonchev–Trinajstić information content (AvgIpc) is 2.82. The van der Waals surface area contributed by atoms with Gasteiger partial charge in [-0.05, 0) is 19.1 Å². The van der Waals surface area contributed by atoms with Crippen LogP contribution in [0.25, 0.3) is 0 Å². The zero-order valence-corrected chi connectivity index (χ0v) is 11.6. The number of carbonyl (C=O) groups excluding carboxylic acids is 1. The molecule has 0 saturated carbocycles. The number of halogens is 2. The van der Waals surface area contributed by atoms with Gasteiger partial charge in [-0.1, -0.05) is 0 Å². The van der Waals surface area contributed by atoms with Crippen molar-refractivity contribution in [2.75, 3.05) is 6.61 Å². The highest BCUT2D eigenvalue weighted by molar-refractivity contribution is 5.90. The van der Waals surface area contributed by atoms with E-state index in [0.29, 0.717) is 5.69 Å². The first-order valence-corrected chi connectivity index (χ1v) is 6.28. The van der Waals surface area contributed by atoms with Gasteiger partial charge in [-0.3, -0.25) is 4.68 Å². The van der Waals surface area contributed by atoms with Crippen molar-refractivity contribution in [2.45, 2.75) is 13.5 Å². The monoisotopic (exact) mass is 296 g/mol. The van der Waals surface area contributed by atoms with Gasteiger partial charge in [0, 0.05) is 13.1 Å². The van der Waals surface area contributed by atoms with Gasteiger partial charge < -0.3 is 9.47 Å². The van der Waals surface area contributed by atoms with E-state index in [1.807, 2.05) is 0 Å². The van der Waals surface area contributed by atoms with Crippen LogP contribution >= 0.6 is 0 Å². The standard InChI is InChI=1S/C14H14F2N2O3/c1-3-20-14(19)10-7-17-18(2)13(10)8-21-9-4-5-11(15)12(16)6-9/h4-7H,3,8H2,1-2H3. The molecule has 0 unspecified atom stereocenters. The average molecular weight is 296 g/mol. The Balaban J connectivity index is 2.14. The number of esters is 1. The van der Waals surface area contributed by atoms with Crippen LogP contribution in [0.5, 0.6) is 5.75 Å². The summed E-state index contributed by atoms with van der Waals surface area (Å²) in [6, 6.07) is 3.22. The molecule has 21 heavy (non-hydrogen) atoms. The molecule has 5 nitrogen and oxygen atoms in total. The number of benzene rings is 1. The lowest BCUT2D eigenvalue weighted by Crippen LogP contribution is -2.11. The highest BCUT2D eigenvalue weighted by Crippen LogP contribution is 2.18. The normalized spacial score (nSPS) is 10.5. The quantitative estimate of drug-likeness (QED) is 0.795. The molecule has 0 atom stereocenters. The van der Waals surface area contributed by atoms with E-state index < -0.39 is 17.6 Å². The molecular weight excluding hydrogens is 282 g/mol. The van der Waals surface area contributed by atoms with E-state index in [9.17, 15) is 13.6 Å². The molecular formula is C14H14F2N2O3. The summed E-state index contributed by atoms with van der Waals surface area (Å²) in [4.78, 5) is 11.7. The van der Waals surface area contributed by atoms with Crippen molar-refractivity contribution in [1.82, 2.24) is 9.78 Å². The summed E-state index contributed by atoms with van der Waals surface area (Å²) in [5.41, 5.74) is 0.764. The van der Waals surface area contributed by atoms with Crippen molar-refractivity contribution in [2.24, 2.45) is 7.05 Å². The maximum atomic E-state index is 13.1. The zero-order chi connectivity index (χ0) is 15.4. The van der Waals surface area contributed by atoms with Crippen LogP contribution in [-0.2, 0) is 18.4 Å². The Hall–Kier alpha value is -2.44. The molecule has 112 valence electrons. The van der Waals surface area contributed by atoms with Crippen LogP contribution in [0.2, 0.25) is 0 Å². The van der Waals surface area contributed by atoms with Crippen LogP contribution in [0.1, 0.15) is 23.0 Å². The topological polar surface area (TPSA) is 53.3 Å². The number of rotatable bonds is 5. The number of aromatic nitrogens is 2. The van der Waals surface area contributed by atoms with Crippen LogP contribution in [0, 0.1) is 11.6 Å². The largest absolute Gasteiger partial charge is 0.487 e. The molecule has 2 aromatic rings. The summed E-state index contributed by atoms with van der Waals surface area (Å²) in [6.07, 6.45) is 1.38. The predicted octanol–water partition coefficient (Wildman–Crippen LogP) is 2.45. The molecule has 1 aromatic heterocycles. The molecule has 0 aliphatic carbocycles. The first-order valence-electron chi connectivity index (χ1n) is 6.28. The van der Waals surface area contributed by atoms with E-state index in [0.717, 1.165) is 12.1 Å². The fraction of sp³-hybridized carbons (Fsp3) is 0.286. The van der Waals surface area contributed by atoms with Crippen molar-refractivity contribution in [1.29, 1.82) is 0 Å². The zero-order valence-electron chi connectivity index (χ0n) is 11.6. The Kier molecular flexibility index (Phi) is 4.52. The Morgan fingerprint density at radius 2 is 2.10 bits per heavy atom. The van der Waals surface area contributed by atoms with Gasteiger partial charge in [0.25, 0.3) is 0 Å². The molecule has 0 N–H and O–H groups in total. The molecule has 0 aliphatic heterocycles. The van der Waals surface area contributed by atoms with Crippen molar-refractivity contribution < 1.29 is 23.0 Å². The minimum Gasteiger partial charge on any atom is -0.487 e. The lowest BCUT2D eigenvalue weighted by Gasteiger charge is -2.09. The fourth-order valence-electron chi connectivity index (χ4n) is 1.73. The van der Waals surface area contributed by atoms with Crippen LogP contribution < -0.4 is 4.74 Å².